The lowest BCUT2D eigenvalue weighted by molar-refractivity contribution is -0.118. The van der Waals surface area contributed by atoms with Gasteiger partial charge in [0.25, 0.3) is 5.91 Å². The molecular weight excluding hydrogens is 313 g/mol. The molecule has 0 fully saturated rings. The number of hydrogen-bond acceptors (Lipinski definition) is 3. The summed E-state index contributed by atoms with van der Waals surface area (Å²) in [6.45, 7) is -0.199. The van der Waals surface area contributed by atoms with Crippen molar-refractivity contribution in [1.29, 1.82) is 0 Å². The van der Waals surface area contributed by atoms with Gasteiger partial charge < -0.3 is 15.2 Å². The zero-order valence-electron chi connectivity index (χ0n) is 11.0. The second-order valence-electron chi connectivity index (χ2n) is 4.27. The fourth-order valence-corrected chi connectivity index (χ4v) is 2.09. The summed E-state index contributed by atoms with van der Waals surface area (Å²) in [4.78, 5) is 11.8. The molecule has 0 aromatic heterocycles. The van der Waals surface area contributed by atoms with Crippen LogP contribution in [0.15, 0.2) is 42.5 Å². The van der Waals surface area contributed by atoms with Crippen LogP contribution in [0.5, 0.6) is 5.75 Å². The summed E-state index contributed by atoms with van der Waals surface area (Å²) >= 11 is 11.7. The minimum atomic E-state index is -0.308. The Morgan fingerprint density at radius 1 is 1.14 bits per heavy atom. The Bertz CT molecular complexity index is 629. The number of anilines is 1. The first-order chi connectivity index (χ1) is 10.1. The van der Waals surface area contributed by atoms with Gasteiger partial charge in [0.05, 0.1) is 11.6 Å². The maximum absolute atomic E-state index is 11.8. The molecule has 0 atom stereocenters. The van der Waals surface area contributed by atoms with Crippen LogP contribution in [0.4, 0.5) is 5.69 Å². The number of carbonyl (C=O) groups is 1. The van der Waals surface area contributed by atoms with Crippen molar-refractivity contribution >= 4 is 34.8 Å². The van der Waals surface area contributed by atoms with E-state index in [2.05, 4.69) is 5.32 Å². The third-order valence-corrected chi connectivity index (χ3v) is 3.20. The number of aliphatic hydroxyl groups is 1. The predicted molar refractivity (Wildman–Crippen MR) is 83.0 cm³/mol. The van der Waals surface area contributed by atoms with E-state index in [0.29, 0.717) is 21.5 Å². The molecule has 0 bridgehead atoms. The number of nitrogens with one attached hydrogen (secondary N) is 1. The first kappa shape index (κ1) is 15.6. The van der Waals surface area contributed by atoms with Crippen LogP contribution in [0.1, 0.15) is 5.56 Å². The molecule has 2 aromatic carbocycles. The summed E-state index contributed by atoms with van der Waals surface area (Å²) in [7, 11) is 0. The van der Waals surface area contributed by atoms with Gasteiger partial charge in [0, 0.05) is 10.7 Å². The van der Waals surface area contributed by atoms with Crippen LogP contribution in [-0.4, -0.2) is 17.6 Å². The van der Waals surface area contributed by atoms with Gasteiger partial charge in [-0.25, -0.2) is 0 Å². The van der Waals surface area contributed by atoms with Gasteiger partial charge in [-0.15, -0.1) is 0 Å². The van der Waals surface area contributed by atoms with Crippen molar-refractivity contribution in [3.63, 3.8) is 0 Å². The molecule has 0 saturated heterocycles. The molecule has 4 nitrogen and oxygen atoms in total. The van der Waals surface area contributed by atoms with E-state index >= 15 is 0 Å². The van der Waals surface area contributed by atoms with Gasteiger partial charge in [-0.1, -0.05) is 35.3 Å². The molecular formula is C15H13Cl2NO3. The molecule has 2 aromatic rings. The second-order valence-corrected chi connectivity index (χ2v) is 5.11. The molecule has 0 spiro atoms. The quantitative estimate of drug-likeness (QED) is 0.884. The summed E-state index contributed by atoms with van der Waals surface area (Å²) in [5, 5.41) is 12.5. The zero-order valence-corrected chi connectivity index (χ0v) is 12.5. The van der Waals surface area contributed by atoms with E-state index in [4.69, 9.17) is 33.0 Å². The molecule has 0 radical (unpaired) electrons. The summed E-state index contributed by atoms with van der Waals surface area (Å²) in [6.07, 6.45) is 0. The fourth-order valence-electron chi connectivity index (χ4n) is 1.63. The van der Waals surface area contributed by atoms with Crippen molar-refractivity contribution in [3.8, 4) is 5.75 Å². The van der Waals surface area contributed by atoms with Crippen molar-refractivity contribution in [2.75, 3.05) is 11.9 Å². The van der Waals surface area contributed by atoms with Crippen LogP contribution in [0, 0.1) is 0 Å². The molecule has 0 aliphatic heterocycles. The molecule has 0 aliphatic rings. The number of carbonyl (C=O) groups excluding carboxylic acids is 1. The van der Waals surface area contributed by atoms with Crippen LogP contribution >= 0.6 is 23.2 Å². The number of benzene rings is 2. The standard InChI is InChI=1S/C15H13Cl2NO3/c16-11-3-6-14(13(17)7-11)21-9-15(20)18-12-4-1-10(8-19)2-5-12/h1-7,19H,8-9H2,(H,18,20). The Kier molecular flexibility index (Phi) is 5.44. The molecule has 1 amide bonds. The van der Waals surface area contributed by atoms with Crippen molar-refractivity contribution in [1.82, 2.24) is 0 Å². The topological polar surface area (TPSA) is 58.6 Å². The lowest BCUT2D eigenvalue weighted by Crippen LogP contribution is -2.20. The van der Waals surface area contributed by atoms with Gasteiger partial charge in [-0.3, -0.25) is 4.79 Å². The number of ether oxygens (including phenoxy) is 1. The number of halogens is 2. The number of amides is 1. The molecule has 0 unspecified atom stereocenters. The maximum atomic E-state index is 11.8. The van der Waals surface area contributed by atoms with Crippen molar-refractivity contribution in [2.45, 2.75) is 6.61 Å². The van der Waals surface area contributed by atoms with Gasteiger partial charge in [0.15, 0.2) is 6.61 Å². The molecule has 6 heteroatoms. The normalized spacial score (nSPS) is 10.2. The Morgan fingerprint density at radius 2 is 1.86 bits per heavy atom. The lowest BCUT2D eigenvalue weighted by Gasteiger charge is -2.09. The van der Waals surface area contributed by atoms with Crippen LogP contribution < -0.4 is 10.1 Å². The van der Waals surface area contributed by atoms with Crippen molar-refractivity contribution in [2.24, 2.45) is 0 Å². The highest BCUT2D eigenvalue weighted by Gasteiger charge is 2.07. The van der Waals surface area contributed by atoms with Crippen LogP contribution in [0.25, 0.3) is 0 Å². The third-order valence-electron chi connectivity index (χ3n) is 2.67. The second kappa shape index (κ2) is 7.31. The largest absolute Gasteiger partial charge is 0.482 e. The minimum absolute atomic E-state index is 0.0353. The smallest absolute Gasteiger partial charge is 0.262 e. The lowest BCUT2D eigenvalue weighted by atomic mass is 10.2. The highest BCUT2D eigenvalue weighted by molar-refractivity contribution is 6.35. The Balaban J connectivity index is 1.89. The maximum Gasteiger partial charge on any atom is 0.262 e. The van der Waals surface area contributed by atoms with Gasteiger partial charge >= 0.3 is 0 Å². The molecule has 2 N–H and O–H groups in total. The third kappa shape index (κ3) is 4.63. The van der Waals surface area contributed by atoms with E-state index in [-0.39, 0.29) is 19.1 Å². The monoisotopic (exact) mass is 325 g/mol. The Morgan fingerprint density at radius 3 is 2.48 bits per heavy atom. The molecule has 21 heavy (non-hydrogen) atoms. The van der Waals surface area contributed by atoms with E-state index in [1.807, 2.05) is 0 Å². The summed E-state index contributed by atoms with van der Waals surface area (Å²) in [5.41, 5.74) is 1.40. The molecule has 0 heterocycles. The fraction of sp³-hybridized carbons (Fsp3) is 0.133. The Hall–Kier alpha value is -1.75. The number of hydrogen-bond donors (Lipinski definition) is 2. The summed E-state index contributed by atoms with van der Waals surface area (Å²) in [6, 6.07) is 11.7. The average Bonchev–Trinajstić information content (AvgIpc) is 2.47. The summed E-state index contributed by atoms with van der Waals surface area (Å²) in [5.74, 6) is 0.0876. The molecule has 0 aliphatic carbocycles. The first-order valence-electron chi connectivity index (χ1n) is 6.16. The van der Waals surface area contributed by atoms with Gasteiger partial charge in [-0.2, -0.15) is 0 Å². The van der Waals surface area contributed by atoms with E-state index in [9.17, 15) is 4.79 Å². The predicted octanol–water partition coefficient (Wildman–Crippen LogP) is 3.50. The summed E-state index contributed by atoms with van der Waals surface area (Å²) < 4.78 is 5.33. The van der Waals surface area contributed by atoms with Crippen LogP contribution in [0.3, 0.4) is 0 Å². The highest BCUT2D eigenvalue weighted by atomic mass is 35.5. The van der Waals surface area contributed by atoms with Crippen molar-refractivity contribution in [3.05, 3.63) is 58.1 Å². The number of rotatable bonds is 5. The van der Waals surface area contributed by atoms with Gasteiger partial charge in [-0.05, 0) is 35.9 Å². The number of aliphatic hydroxyl groups excluding tert-OH is 1. The van der Waals surface area contributed by atoms with Crippen LogP contribution in [0.2, 0.25) is 10.0 Å². The van der Waals surface area contributed by atoms with Crippen molar-refractivity contribution < 1.29 is 14.6 Å². The van der Waals surface area contributed by atoms with Crippen LogP contribution in [-0.2, 0) is 11.4 Å². The zero-order chi connectivity index (χ0) is 15.2. The van der Waals surface area contributed by atoms with E-state index in [1.54, 1.807) is 42.5 Å². The molecule has 110 valence electrons. The van der Waals surface area contributed by atoms with E-state index in [1.165, 1.54) is 0 Å². The van der Waals surface area contributed by atoms with Gasteiger partial charge in [0.1, 0.15) is 5.75 Å². The van der Waals surface area contributed by atoms with Gasteiger partial charge in [0.2, 0.25) is 0 Å². The van der Waals surface area contributed by atoms with E-state index < -0.39 is 0 Å². The Labute approximate surface area is 132 Å². The van der Waals surface area contributed by atoms with E-state index in [0.717, 1.165) is 5.56 Å². The molecule has 2 rings (SSSR count). The first-order valence-corrected chi connectivity index (χ1v) is 6.91. The minimum Gasteiger partial charge on any atom is -0.482 e. The molecule has 0 saturated carbocycles. The SMILES string of the molecule is O=C(COc1ccc(Cl)cc1Cl)Nc1ccc(CO)cc1. The highest BCUT2D eigenvalue weighted by Crippen LogP contribution is 2.27. The average molecular weight is 326 g/mol.